The molecule has 0 saturated carbocycles. The van der Waals surface area contributed by atoms with E-state index in [1.807, 2.05) is 19.4 Å². The quantitative estimate of drug-likeness (QED) is 0.586. The SMILES string of the molecule is CSc1cc(Cl)nn1C. The van der Waals surface area contributed by atoms with Gasteiger partial charge in [-0.2, -0.15) is 5.10 Å². The molecule has 0 aliphatic rings. The van der Waals surface area contributed by atoms with Crippen LogP contribution in [0.5, 0.6) is 0 Å². The first kappa shape index (κ1) is 6.96. The summed E-state index contributed by atoms with van der Waals surface area (Å²) in [5.41, 5.74) is 0. The fraction of sp³-hybridized carbons (Fsp3) is 0.400. The van der Waals surface area contributed by atoms with E-state index in [0.29, 0.717) is 5.15 Å². The molecule has 9 heavy (non-hydrogen) atoms. The molecule has 0 amide bonds. The van der Waals surface area contributed by atoms with Gasteiger partial charge in [-0.3, -0.25) is 4.68 Å². The van der Waals surface area contributed by atoms with Gasteiger partial charge in [0.1, 0.15) is 0 Å². The van der Waals surface area contributed by atoms with Crippen LogP contribution in [0.1, 0.15) is 0 Å². The average molecular weight is 163 g/mol. The number of rotatable bonds is 1. The summed E-state index contributed by atoms with van der Waals surface area (Å²) >= 11 is 7.23. The van der Waals surface area contributed by atoms with E-state index in [2.05, 4.69) is 5.10 Å². The summed E-state index contributed by atoms with van der Waals surface area (Å²) in [4.78, 5) is 0. The van der Waals surface area contributed by atoms with E-state index in [4.69, 9.17) is 11.6 Å². The molecule has 0 saturated heterocycles. The summed E-state index contributed by atoms with van der Waals surface area (Å²) < 4.78 is 1.76. The van der Waals surface area contributed by atoms with Gasteiger partial charge in [-0.25, -0.2) is 0 Å². The molecule has 1 aromatic rings. The lowest BCUT2D eigenvalue weighted by molar-refractivity contribution is 0.700. The topological polar surface area (TPSA) is 17.8 Å². The van der Waals surface area contributed by atoms with Gasteiger partial charge in [-0.1, -0.05) is 11.6 Å². The highest BCUT2D eigenvalue weighted by molar-refractivity contribution is 7.98. The minimum absolute atomic E-state index is 0.557. The van der Waals surface area contributed by atoms with Crippen LogP contribution in [0.15, 0.2) is 11.1 Å². The van der Waals surface area contributed by atoms with Crippen molar-refractivity contribution in [3.8, 4) is 0 Å². The lowest BCUT2D eigenvalue weighted by atomic mass is 10.7. The fourth-order valence-electron chi connectivity index (χ4n) is 0.608. The molecule has 0 fully saturated rings. The molecule has 0 unspecified atom stereocenters. The predicted octanol–water partition coefficient (Wildman–Crippen LogP) is 1.80. The van der Waals surface area contributed by atoms with Crippen LogP contribution in [0.2, 0.25) is 5.15 Å². The maximum atomic E-state index is 5.60. The Morgan fingerprint density at radius 3 is 2.67 bits per heavy atom. The Hall–Kier alpha value is -0.150. The summed E-state index contributed by atoms with van der Waals surface area (Å²) in [5, 5.41) is 5.58. The van der Waals surface area contributed by atoms with Crippen molar-refractivity contribution in [2.45, 2.75) is 5.03 Å². The lowest BCUT2D eigenvalue weighted by Crippen LogP contribution is -1.90. The number of hydrogen-bond donors (Lipinski definition) is 0. The van der Waals surface area contributed by atoms with E-state index in [-0.39, 0.29) is 0 Å². The van der Waals surface area contributed by atoms with E-state index in [9.17, 15) is 0 Å². The third-order valence-electron chi connectivity index (χ3n) is 1.02. The van der Waals surface area contributed by atoms with E-state index >= 15 is 0 Å². The van der Waals surface area contributed by atoms with Crippen LogP contribution < -0.4 is 0 Å². The van der Waals surface area contributed by atoms with Gasteiger partial charge in [0.25, 0.3) is 0 Å². The Labute approximate surface area is 63.2 Å². The van der Waals surface area contributed by atoms with Crippen LogP contribution in [0, 0.1) is 0 Å². The monoisotopic (exact) mass is 162 g/mol. The third kappa shape index (κ3) is 1.40. The molecule has 0 bridgehead atoms. The van der Waals surface area contributed by atoms with Crippen molar-refractivity contribution in [3.63, 3.8) is 0 Å². The van der Waals surface area contributed by atoms with Gasteiger partial charge in [0.15, 0.2) is 5.15 Å². The number of aromatic nitrogens is 2. The first-order valence-corrected chi connectivity index (χ1v) is 4.08. The first-order chi connectivity index (χ1) is 4.24. The van der Waals surface area contributed by atoms with Crippen molar-refractivity contribution in [2.24, 2.45) is 7.05 Å². The standard InChI is InChI=1S/C5H7ClN2S/c1-8-5(9-2)3-4(6)7-8/h3H,1-2H3. The first-order valence-electron chi connectivity index (χ1n) is 2.47. The van der Waals surface area contributed by atoms with Crippen LogP contribution >= 0.6 is 23.4 Å². The minimum Gasteiger partial charge on any atom is -0.261 e. The van der Waals surface area contributed by atoms with Gasteiger partial charge < -0.3 is 0 Å². The Bertz CT molecular complexity index is 209. The molecule has 0 spiro atoms. The molecule has 0 aliphatic heterocycles. The molecule has 50 valence electrons. The highest BCUT2D eigenvalue weighted by Crippen LogP contribution is 2.17. The zero-order chi connectivity index (χ0) is 6.85. The molecule has 0 radical (unpaired) electrons. The lowest BCUT2D eigenvalue weighted by Gasteiger charge is -1.91. The average Bonchev–Trinajstić information content (AvgIpc) is 2.10. The normalized spacial score (nSPS) is 10.1. The minimum atomic E-state index is 0.557. The number of nitrogens with zero attached hydrogens (tertiary/aromatic N) is 2. The predicted molar refractivity (Wildman–Crippen MR) is 40.0 cm³/mol. The smallest absolute Gasteiger partial charge is 0.152 e. The van der Waals surface area contributed by atoms with Crippen LogP contribution in [0.25, 0.3) is 0 Å². The number of thioether (sulfide) groups is 1. The maximum Gasteiger partial charge on any atom is 0.152 e. The summed E-state index contributed by atoms with van der Waals surface area (Å²) in [5.74, 6) is 0. The van der Waals surface area contributed by atoms with Gasteiger partial charge in [0.2, 0.25) is 0 Å². The zero-order valence-corrected chi connectivity index (χ0v) is 6.83. The molecular weight excluding hydrogens is 156 g/mol. The van der Waals surface area contributed by atoms with E-state index in [0.717, 1.165) is 5.03 Å². The molecule has 4 heteroatoms. The van der Waals surface area contributed by atoms with Crippen LogP contribution in [0.3, 0.4) is 0 Å². The van der Waals surface area contributed by atoms with Gasteiger partial charge in [0, 0.05) is 13.1 Å². The Morgan fingerprint density at radius 2 is 2.44 bits per heavy atom. The van der Waals surface area contributed by atoms with Crippen molar-refractivity contribution >= 4 is 23.4 Å². The third-order valence-corrected chi connectivity index (χ3v) is 2.00. The van der Waals surface area contributed by atoms with Gasteiger partial charge in [-0.15, -0.1) is 11.8 Å². The fourth-order valence-corrected chi connectivity index (χ4v) is 1.42. The second-order valence-electron chi connectivity index (χ2n) is 1.63. The summed E-state index contributed by atoms with van der Waals surface area (Å²) in [6, 6.07) is 1.84. The molecule has 2 nitrogen and oxygen atoms in total. The number of aryl methyl sites for hydroxylation is 1. The molecule has 1 aromatic heterocycles. The molecule has 0 N–H and O–H groups in total. The van der Waals surface area contributed by atoms with Gasteiger partial charge in [-0.05, 0) is 6.26 Å². The van der Waals surface area contributed by atoms with Crippen molar-refractivity contribution in [2.75, 3.05) is 6.26 Å². The summed E-state index contributed by atoms with van der Waals surface area (Å²) in [6.45, 7) is 0. The highest BCUT2D eigenvalue weighted by Gasteiger charge is 1.98. The van der Waals surface area contributed by atoms with Crippen LogP contribution in [-0.4, -0.2) is 16.0 Å². The van der Waals surface area contributed by atoms with Crippen molar-refractivity contribution in [1.29, 1.82) is 0 Å². The second-order valence-corrected chi connectivity index (χ2v) is 2.85. The van der Waals surface area contributed by atoms with Crippen molar-refractivity contribution < 1.29 is 0 Å². The Kier molecular flexibility index (Phi) is 2.03. The Morgan fingerprint density at radius 1 is 1.78 bits per heavy atom. The number of halogens is 1. The summed E-state index contributed by atoms with van der Waals surface area (Å²) in [7, 11) is 1.87. The highest BCUT2D eigenvalue weighted by atomic mass is 35.5. The van der Waals surface area contributed by atoms with E-state index in [1.54, 1.807) is 16.4 Å². The number of hydrogen-bond acceptors (Lipinski definition) is 2. The van der Waals surface area contributed by atoms with Gasteiger partial charge >= 0.3 is 0 Å². The zero-order valence-electron chi connectivity index (χ0n) is 5.26. The second kappa shape index (κ2) is 2.62. The van der Waals surface area contributed by atoms with Gasteiger partial charge in [0.05, 0.1) is 5.03 Å². The maximum absolute atomic E-state index is 5.60. The van der Waals surface area contributed by atoms with Crippen molar-refractivity contribution in [1.82, 2.24) is 9.78 Å². The summed E-state index contributed by atoms with van der Waals surface area (Å²) in [6.07, 6.45) is 1.99. The largest absolute Gasteiger partial charge is 0.261 e. The molecule has 0 aliphatic carbocycles. The molecule has 0 aromatic carbocycles. The van der Waals surface area contributed by atoms with E-state index < -0.39 is 0 Å². The molecular formula is C5H7ClN2S. The molecule has 1 rings (SSSR count). The van der Waals surface area contributed by atoms with Crippen molar-refractivity contribution in [3.05, 3.63) is 11.2 Å². The molecule has 1 heterocycles. The van der Waals surface area contributed by atoms with E-state index in [1.165, 1.54) is 0 Å². The van der Waals surface area contributed by atoms with Crippen LogP contribution in [0.4, 0.5) is 0 Å². The Balaban J connectivity index is 3.01. The molecule has 0 atom stereocenters. The van der Waals surface area contributed by atoms with Crippen LogP contribution in [-0.2, 0) is 7.05 Å².